The van der Waals surface area contributed by atoms with Crippen LogP contribution in [0.2, 0.25) is 0 Å². The van der Waals surface area contributed by atoms with E-state index in [0.29, 0.717) is 17.0 Å². The Hall–Kier alpha value is -2.63. The third kappa shape index (κ3) is 4.56. The molecule has 0 saturated heterocycles. The molecule has 0 fully saturated rings. The van der Waals surface area contributed by atoms with Crippen molar-refractivity contribution in [3.63, 3.8) is 0 Å². The molecule has 1 aromatic carbocycles. The average Bonchev–Trinajstić information content (AvgIpc) is 3.28. The number of nitriles is 1. The highest BCUT2D eigenvalue weighted by Crippen LogP contribution is 2.27. The maximum atomic E-state index is 12.5. The number of benzene rings is 1. The topological polar surface area (TPSA) is 83.6 Å². The van der Waals surface area contributed by atoms with Gasteiger partial charge in [-0.2, -0.15) is 5.26 Å². The molecule has 3 rings (SSSR count). The third-order valence-corrected chi connectivity index (χ3v) is 5.90. The van der Waals surface area contributed by atoms with Crippen molar-refractivity contribution in [1.82, 2.24) is 14.8 Å². The Labute approximate surface area is 166 Å². The minimum Gasteiger partial charge on any atom is -0.316 e. The molecule has 0 saturated carbocycles. The fourth-order valence-electron chi connectivity index (χ4n) is 2.55. The van der Waals surface area contributed by atoms with Gasteiger partial charge in [-0.3, -0.25) is 4.79 Å². The fourth-order valence-corrected chi connectivity index (χ4v) is 4.22. The Morgan fingerprint density at radius 3 is 2.81 bits per heavy atom. The summed E-state index contributed by atoms with van der Waals surface area (Å²) in [6.07, 6.45) is 0.698. The molecule has 138 valence electrons. The van der Waals surface area contributed by atoms with Gasteiger partial charge in [0, 0.05) is 13.0 Å². The van der Waals surface area contributed by atoms with E-state index in [1.807, 2.05) is 36.6 Å². The van der Waals surface area contributed by atoms with Gasteiger partial charge in [0.25, 0.3) is 0 Å². The van der Waals surface area contributed by atoms with Gasteiger partial charge in [0.2, 0.25) is 5.91 Å². The first-order valence-corrected chi connectivity index (χ1v) is 10.3. The largest absolute Gasteiger partial charge is 0.316 e. The van der Waals surface area contributed by atoms with Crippen molar-refractivity contribution in [3.8, 4) is 6.07 Å². The van der Waals surface area contributed by atoms with Gasteiger partial charge < -0.3 is 9.88 Å². The Balaban J connectivity index is 1.69. The molecule has 27 heavy (non-hydrogen) atoms. The standard InChI is InChI=1S/C19H19N5OS2/c1-3-24-16(11-14-7-5-4-6-8-14)22-23-19(24)27-13(2)17(25)21-18-15(12-20)9-10-26-18/h4-10,13H,3,11H2,1-2H3,(H,21,25)/t13-/m1/s1. The number of hydrogen-bond donors (Lipinski definition) is 1. The summed E-state index contributed by atoms with van der Waals surface area (Å²) in [7, 11) is 0. The van der Waals surface area contributed by atoms with Crippen LogP contribution in [-0.2, 0) is 17.8 Å². The number of thiophene rings is 1. The summed E-state index contributed by atoms with van der Waals surface area (Å²) in [5, 5.41) is 23.2. The number of amides is 1. The molecular formula is C19H19N5OS2. The van der Waals surface area contributed by atoms with Gasteiger partial charge >= 0.3 is 0 Å². The van der Waals surface area contributed by atoms with Crippen molar-refractivity contribution in [2.24, 2.45) is 0 Å². The third-order valence-electron chi connectivity index (χ3n) is 3.99. The van der Waals surface area contributed by atoms with E-state index >= 15 is 0 Å². The summed E-state index contributed by atoms with van der Waals surface area (Å²) in [4.78, 5) is 12.5. The molecule has 2 heterocycles. The van der Waals surface area contributed by atoms with Crippen LogP contribution < -0.4 is 5.32 Å². The summed E-state index contributed by atoms with van der Waals surface area (Å²) < 4.78 is 2.04. The average molecular weight is 398 g/mol. The quantitative estimate of drug-likeness (QED) is 0.611. The number of nitrogens with one attached hydrogen (secondary N) is 1. The summed E-state index contributed by atoms with van der Waals surface area (Å²) in [5.74, 6) is 0.720. The van der Waals surface area contributed by atoms with Crippen molar-refractivity contribution in [1.29, 1.82) is 5.26 Å². The van der Waals surface area contributed by atoms with Crippen molar-refractivity contribution in [2.45, 2.75) is 37.2 Å². The van der Waals surface area contributed by atoms with Crippen LogP contribution in [0.1, 0.15) is 30.8 Å². The second-order valence-corrected chi connectivity index (χ2v) is 8.05. The van der Waals surface area contributed by atoms with Crippen molar-refractivity contribution in [2.75, 3.05) is 5.32 Å². The highest BCUT2D eigenvalue weighted by molar-refractivity contribution is 8.00. The molecule has 0 aliphatic rings. The summed E-state index contributed by atoms with van der Waals surface area (Å²) in [6, 6.07) is 13.9. The van der Waals surface area contributed by atoms with Crippen LogP contribution in [0.15, 0.2) is 46.9 Å². The SMILES string of the molecule is CCn1c(Cc2ccccc2)nnc1S[C@H](C)C(=O)Nc1sccc1C#N. The van der Waals surface area contributed by atoms with Gasteiger partial charge in [-0.1, -0.05) is 42.1 Å². The van der Waals surface area contributed by atoms with E-state index < -0.39 is 0 Å². The Kier molecular flexibility index (Phi) is 6.27. The van der Waals surface area contributed by atoms with E-state index in [-0.39, 0.29) is 11.2 Å². The molecule has 0 radical (unpaired) electrons. The van der Waals surface area contributed by atoms with Gasteiger partial charge in [-0.05, 0) is 30.9 Å². The zero-order valence-corrected chi connectivity index (χ0v) is 16.7. The lowest BCUT2D eigenvalue weighted by Crippen LogP contribution is -2.22. The molecule has 0 unspecified atom stereocenters. The highest BCUT2D eigenvalue weighted by Gasteiger charge is 2.21. The molecule has 0 aliphatic heterocycles. The number of nitrogens with zero attached hydrogens (tertiary/aromatic N) is 4. The minimum atomic E-state index is -0.363. The molecule has 1 amide bonds. The molecule has 3 aromatic rings. The van der Waals surface area contributed by atoms with Crippen LogP contribution in [0.5, 0.6) is 0 Å². The number of hydrogen-bond acceptors (Lipinski definition) is 6. The fraction of sp³-hybridized carbons (Fsp3) is 0.263. The van der Waals surface area contributed by atoms with Crippen LogP contribution in [-0.4, -0.2) is 25.9 Å². The first kappa shape index (κ1) is 19.1. The summed E-state index contributed by atoms with van der Waals surface area (Å²) in [6.45, 7) is 4.60. The van der Waals surface area contributed by atoms with Crippen LogP contribution in [0.4, 0.5) is 5.00 Å². The van der Waals surface area contributed by atoms with Crippen molar-refractivity contribution < 1.29 is 4.79 Å². The lowest BCUT2D eigenvalue weighted by molar-refractivity contribution is -0.115. The molecule has 0 bridgehead atoms. The van der Waals surface area contributed by atoms with E-state index in [2.05, 4.69) is 33.7 Å². The predicted octanol–water partition coefficient (Wildman–Crippen LogP) is 3.94. The Morgan fingerprint density at radius 1 is 1.33 bits per heavy atom. The van der Waals surface area contributed by atoms with Gasteiger partial charge in [0.15, 0.2) is 5.16 Å². The minimum absolute atomic E-state index is 0.158. The first-order chi connectivity index (χ1) is 13.1. The Morgan fingerprint density at radius 2 is 2.11 bits per heavy atom. The van der Waals surface area contributed by atoms with Gasteiger partial charge in [-0.25, -0.2) is 0 Å². The number of rotatable bonds is 7. The van der Waals surface area contributed by atoms with Crippen LogP contribution in [0.3, 0.4) is 0 Å². The van der Waals surface area contributed by atoms with Crippen LogP contribution >= 0.6 is 23.1 Å². The zero-order chi connectivity index (χ0) is 19.2. The van der Waals surface area contributed by atoms with E-state index in [0.717, 1.165) is 17.5 Å². The molecule has 0 spiro atoms. The van der Waals surface area contributed by atoms with Gasteiger partial charge in [0.1, 0.15) is 16.9 Å². The van der Waals surface area contributed by atoms with E-state index in [4.69, 9.17) is 5.26 Å². The number of carbonyl (C=O) groups excluding carboxylic acids is 1. The lowest BCUT2D eigenvalue weighted by atomic mass is 10.1. The van der Waals surface area contributed by atoms with E-state index in [1.54, 1.807) is 11.4 Å². The molecular weight excluding hydrogens is 378 g/mol. The molecule has 1 N–H and O–H groups in total. The van der Waals surface area contributed by atoms with Gasteiger partial charge in [-0.15, -0.1) is 21.5 Å². The van der Waals surface area contributed by atoms with Crippen LogP contribution in [0, 0.1) is 11.3 Å². The smallest absolute Gasteiger partial charge is 0.238 e. The van der Waals surface area contributed by atoms with Crippen molar-refractivity contribution >= 4 is 34.0 Å². The summed E-state index contributed by atoms with van der Waals surface area (Å²) in [5.41, 5.74) is 1.65. The Bertz CT molecular complexity index is 958. The molecule has 0 aliphatic carbocycles. The maximum absolute atomic E-state index is 12.5. The van der Waals surface area contributed by atoms with E-state index in [9.17, 15) is 4.79 Å². The number of thioether (sulfide) groups is 1. The second kappa shape index (κ2) is 8.84. The number of aromatic nitrogens is 3. The van der Waals surface area contributed by atoms with E-state index in [1.165, 1.54) is 28.7 Å². The van der Waals surface area contributed by atoms with Gasteiger partial charge in [0.05, 0.1) is 10.8 Å². The van der Waals surface area contributed by atoms with Crippen LogP contribution in [0.25, 0.3) is 0 Å². The summed E-state index contributed by atoms with van der Waals surface area (Å²) >= 11 is 2.71. The second-order valence-electron chi connectivity index (χ2n) is 5.83. The number of anilines is 1. The molecule has 6 nitrogen and oxygen atoms in total. The molecule has 1 atom stereocenters. The highest BCUT2D eigenvalue weighted by atomic mass is 32.2. The van der Waals surface area contributed by atoms with Crippen molar-refractivity contribution in [3.05, 3.63) is 58.7 Å². The maximum Gasteiger partial charge on any atom is 0.238 e. The monoisotopic (exact) mass is 397 g/mol. The lowest BCUT2D eigenvalue weighted by Gasteiger charge is -2.12. The zero-order valence-electron chi connectivity index (χ0n) is 15.0. The number of carbonyl (C=O) groups is 1. The normalized spacial score (nSPS) is 11.7. The molecule has 8 heteroatoms. The molecule has 2 aromatic heterocycles. The first-order valence-electron chi connectivity index (χ1n) is 8.53. The predicted molar refractivity (Wildman–Crippen MR) is 108 cm³/mol.